The second-order valence-electron chi connectivity index (χ2n) is 14.4. The number of nitrogens with zero attached hydrogens (tertiary/aromatic N) is 3. The second-order valence-corrected chi connectivity index (χ2v) is 14.4. The number of primary amides is 1. The highest BCUT2D eigenvalue weighted by Gasteiger charge is 2.45. The van der Waals surface area contributed by atoms with Crippen molar-refractivity contribution in [2.75, 3.05) is 45.2 Å². The second kappa shape index (κ2) is 25.8. The summed E-state index contributed by atoms with van der Waals surface area (Å²) in [6.07, 6.45) is 3.41. The first kappa shape index (κ1) is 48.8. The molecule has 4 aliphatic rings. The minimum Gasteiger partial charge on any atom is -0.464 e. The molecule has 0 spiro atoms. The summed E-state index contributed by atoms with van der Waals surface area (Å²) in [6.45, 7) is 10.8. The molecule has 4 saturated heterocycles. The van der Waals surface area contributed by atoms with Crippen LogP contribution in [0.2, 0.25) is 0 Å². The van der Waals surface area contributed by atoms with Crippen LogP contribution in [0.4, 0.5) is 5.69 Å². The Hall–Kier alpha value is -5.35. The van der Waals surface area contributed by atoms with Crippen LogP contribution in [0.3, 0.4) is 0 Å². The smallest absolute Gasteiger partial charge is 0.328 e. The molecular formula is C42H64N8O8. The highest BCUT2D eigenvalue weighted by Crippen LogP contribution is 2.27. The average Bonchev–Trinajstić information content (AvgIpc) is 3.81. The monoisotopic (exact) mass is 808 g/mol. The van der Waals surface area contributed by atoms with Crippen molar-refractivity contribution in [1.82, 2.24) is 25.3 Å². The number of nitrogens with two attached hydrogens (primary N) is 2. The Balaban J connectivity index is 0.000000389. The molecule has 0 bridgehead atoms. The van der Waals surface area contributed by atoms with Crippen LogP contribution in [0.25, 0.3) is 0 Å². The number of hydrogen-bond acceptors (Lipinski definition) is 10. The van der Waals surface area contributed by atoms with E-state index >= 15 is 0 Å². The maximum absolute atomic E-state index is 13.5. The molecule has 2 aromatic carbocycles. The third-order valence-electron chi connectivity index (χ3n) is 9.67. The number of nitrogens with one attached hydrogen (secondary N) is 3. The highest BCUT2D eigenvalue weighted by molar-refractivity contribution is 5.95. The molecule has 4 fully saturated rings. The summed E-state index contributed by atoms with van der Waals surface area (Å²) in [5, 5.41) is 7.89. The molecule has 0 saturated carbocycles. The number of esters is 1. The van der Waals surface area contributed by atoms with E-state index in [-0.39, 0.29) is 61.7 Å². The van der Waals surface area contributed by atoms with E-state index in [0.717, 1.165) is 18.5 Å². The van der Waals surface area contributed by atoms with Crippen LogP contribution >= 0.6 is 0 Å². The Morgan fingerprint density at radius 3 is 2.05 bits per heavy atom. The lowest BCUT2D eigenvalue weighted by molar-refractivity contribution is -0.156. The minimum atomic E-state index is -0.849. The molecule has 6 rings (SSSR count). The quantitative estimate of drug-likeness (QED) is 0.223. The fourth-order valence-electron chi connectivity index (χ4n) is 6.96. The van der Waals surface area contributed by atoms with Gasteiger partial charge in [-0.25, -0.2) is 4.79 Å². The molecular weight excluding hydrogens is 745 g/mol. The van der Waals surface area contributed by atoms with Crippen molar-refractivity contribution in [3.63, 3.8) is 0 Å². The Morgan fingerprint density at radius 1 is 0.862 bits per heavy atom. The molecule has 4 aliphatic heterocycles. The normalized spacial score (nSPS) is 24.5. The molecule has 320 valence electrons. The van der Waals surface area contributed by atoms with Crippen molar-refractivity contribution in [3.8, 4) is 0 Å². The number of piperidine rings is 1. The van der Waals surface area contributed by atoms with Crippen LogP contribution in [0, 0.1) is 12.8 Å². The summed E-state index contributed by atoms with van der Waals surface area (Å²) in [6, 6.07) is 16.2. The number of cyclic esters (lactones) is 1. The van der Waals surface area contributed by atoms with E-state index in [1.54, 1.807) is 18.9 Å². The van der Waals surface area contributed by atoms with E-state index in [0.29, 0.717) is 38.8 Å². The third-order valence-corrected chi connectivity index (χ3v) is 9.67. The molecule has 16 nitrogen and oxygen atoms in total. The number of hydrogen-bond donors (Lipinski definition) is 5. The number of ether oxygens (including phenoxy) is 1. The number of benzene rings is 2. The summed E-state index contributed by atoms with van der Waals surface area (Å²) in [7, 11) is 1.67. The first-order valence-electron chi connectivity index (χ1n) is 20.1. The van der Waals surface area contributed by atoms with Gasteiger partial charge in [-0.2, -0.15) is 0 Å². The van der Waals surface area contributed by atoms with Crippen molar-refractivity contribution in [1.29, 1.82) is 0 Å². The van der Waals surface area contributed by atoms with Gasteiger partial charge in [0, 0.05) is 31.4 Å². The van der Waals surface area contributed by atoms with Gasteiger partial charge >= 0.3 is 5.97 Å². The van der Waals surface area contributed by atoms with Crippen LogP contribution in [-0.2, 0) is 38.3 Å². The Labute approximate surface area is 342 Å². The minimum absolute atomic E-state index is 0.0707. The van der Waals surface area contributed by atoms with Crippen molar-refractivity contribution in [3.05, 3.63) is 66.2 Å². The lowest BCUT2D eigenvalue weighted by atomic mass is 9.99. The lowest BCUT2D eigenvalue weighted by Gasteiger charge is -2.38. The predicted molar refractivity (Wildman–Crippen MR) is 222 cm³/mol. The number of para-hydroxylation sites is 1. The van der Waals surface area contributed by atoms with Crippen LogP contribution in [0.5, 0.6) is 0 Å². The number of rotatable bonds is 4. The lowest BCUT2D eigenvalue weighted by Crippen LogP contribution is -2.59. The van der Waals surface area contributed by atoms with Gasteiger partial charge in [0.05, 0.1) is 13.0 Å². The first-order chi connectivity index (χ1) is 27.8. The molecule has 6 unspecified atom stereocenters. The average molecular weight is 809 g/mol. The fourth-order valence-corrected chi connectivity index (χ4v) is 6.96. The van der Waals surface area contributed by atoms with E-state index in [4.69, 9.17) is 16.2 Å². The Morgan fingerprint density at radius 2 is 1.50 bits per heavy atom. The number of likely N-dealkylation sites (N-methyl/N-ethyl adjacent to an activating group) is 1. The number of amides is 6. The Bertz CT molecular complexity index is 1610. The SMILES string of the molecule is CC.CC1CC2C(=O)OCCC(=O)N3CC(N)CC3C(=O)N3CCCCC3C(=O)NC(C)C(=O)N2C1.CNCC(N)=O.Cc1ccccc1.O=CNc1ccccc1. The van der Waals surface area contributed by atoms with Crippen molar-refractivity contribution >= 4 is 47.6 Å². The van der Waals surface area contributed by atoms with Gasteiger partial charge in [-0.1, -0.05) is 74.9 Å². The molecule has 0 radical (unpaired) electrons. The van der Waals surface area contributed by atoms with Gasteiger partial charge in [-0.05, 0) is 71.0 Å². The molecule has 2 aromatic rings. The molecule has 6 amide bonds. The summed E-state index contributed by atoms with van der Waals surface area (Å²) in [5.41, 5.74) is 13.0. The highest BCUT2D eigenvalue weighted by atomic mass is 16.5. The van der Waals surface area contributed by atoms with E-state index in [9.17, 15) is 33.6 Å². The zero-order valence-electron chi connectivity index (χ0n) is 34.9. The van der Waals surface area contributed by atoms with Crippen LogP contribution in [-0.4, -0.2) is 127 Å². The van der Waals surface area contributed by atoms with Crippen molar-refractivity contribution < 1.29 is 38.3 Å². The number of carbonyl (C=O) groups excluding carboxylic acids is 7. The number of anilines is 1. The summed E-state index contributed by atoms with van der Waals surface area (Å²) >= 11 is 0. The van der Waals surface area contributed by atoms with E-state index in [1.165, 1.54) is 15.4 Å². The maximum Gasteiger partial charge on any atom is 0.328 e. The molecule has 6 atom stereocenters. The molecule has 0 aromatic heterocycles. The molecule has 16 heteroatoms. The fraction of sp³-hybridized carbons (Fsp3) is 0.548. The summed E-state index contributed by atoms with van der Waals surface area (Å²) in [5.74, 6) is -2.13. The van der Waals surface area contributed by atoms with Gasteiger partial charge in [-0.3, -0.25) is 28.8 Å². The van der Waals surface area contributed by atoms with Gasteiger partial charge in [0.1, 0.15) is 30.8 Å². The molecule has 0 aliphatic carbocycles. The number of carbonyl (C=O) groups is 7. The van der Waals surface area contributed by atoms with Gasteiger partial charge in [0.15, 0.2) is 0 Å². The topological polar surface area (TPSA) is 227 Å². The van der Waals surface area contributed by atoms with Crippen LogP contribution < -0.4 is 27.4 Å². The van der Waals surface area contributed by atoms with Crippen LogP contribution in [0.1, 0.15) is 71.8 Å². The molecule has 7 N–H and O–H groups in total. The van der Waals surface area contributed by atoms with E-state index in [2.05, 4.69) is 35.0 Å². The Kier molecular flexibility index (Phi) is 21.7. The van der Waals surface area contributed by atoms with Gasteiger partial charge in [0.25, 0.3) is 0 Å². The third kappa shape index (κ3) is 15.5. The van der Waals surface area contributed by atoms with Gasteiger partial charge < -0.3 is 46.9 Å². The predicted octanol–water partition coefficient (Wildman–Crippen LogP) is 1.95. The summed E-state index contributed by atoms with van der Waals surface area (Å²) in [4.78, 5) is 89.7. The van der Waals surface area contributed by atoms with E-state index in [1.807, 2.05) is 69.3 Å². The number of fused-ring (bicyclic) bond motifs is 3. The number of aryl methyl sites for hydroxylation is 1. The van der Waals surface area contributed by atoms with Gasteiger partial charge in [-0.15, -0.1) is 0 Å². The molecule has 58 heavy (non-hydrogen) atoms. The zero-order valence-corrected chi connectivity index (χ0v) is 34.9. The maximum atomic E-state index is 13.5. The van der Waals surface area contributed by atoms with Crippen LogP contribution in [0.15, 0.2) is 60.7 Å². The summed E-state index contributed by atoms with van der Waals surface area (Å²) < 4.78 is 5.37. The van der Waals surface area contributed by atoms with E-state index < -0.39 is 36.0 Å². The zero-order chi connectivity index (χ0) is 43.2. The largest absolute Gasteiger partial charge is 0.464 e. The first-order valence-corrected chi connectivity index (χ1v) is 20.1. The molecule has 4 heterocycles. The van der Waals surface area contributed by atoms with Crippen molar-refractivity contribution in [2.24, 2.45) is 17.4 Å². The standard InChI is InChI=1S/C23H35N5O6.C7H7NO.C7H8.C3H8N2O.C2H6/c1-13-9-18-23(33)34-8-6-19(29)27-12-15(24)10-17(27)22(32)26-7-4-3-5-16(26)20(30)25-14(2)21(31)28(18)11-13;9-6-8-7-4-2-1-3-5-7;1-7-5-3-2-4-6-7;1-5-2-3(4)6;1-2/h13-18H,3-12,24H2,1-2H3,(H,25,30);1-6H,(H,8,9);2-6H,1H3;5H,2H2,1H3,(H2,4,6);1-2H3. The van der Waals surface area contributed by atoms with Gasteiger partial charge in [0.2, 0.25) is 35.9 Å². The van der Waals surface area contributed by atoms with Crippen molar-refractivity contribution in [2.45, 2.75) is 103 Å².